The fraction of sp³-hybridized carbons (Fsp3) is 0.211. The molecule has 25 heavy (non-hydrogen) atoms. The summed E-state index contributed by atoms with van der Waals surface area (Å²) in [4.78, 5) is 22.7. The van der Waals surface area contributed by atoms with Gasteiger partial charge in [0.15, 0.2) is 0 Å². The first-order chi connectivity index (χ1) is 12.0. The molecule has 0 bridgehead atoms. The number of carbonyl (C=O) groups excluding carboxylic acids is 1. The molecule has 0 aliphatic rings. The van der Waals surface area contributed by atoms with E-state index >= 15 is 0 Å². The number of carboxylic acid groups (broad SMARTS) is 1. The summed E-state index contributed by atoms with van der Waals surface area (Å²) in [7, 11) is 1.61. The second-order valence-electron chi connectivity index (χ2n) is 5.78. The van der Waals surface area contributed by atoms with Crippen LogP contribution in [0.15, 0.2) is 36.4 Å². The van der Waals surface area contributed by atoms with E-state index in [1.54, 1.807) is 24.8 Å². The Morgan fingerprint density at radius 2 is 1.96 bits per heavy atom. The van der Waals surface area contributed by atoms with Crippen LogP contribution in [-0.4, -0.2) is 34.3 Å². The van der Waals surface area contributed by atoms with Gasteiger partial charge in [-0.05, 0) is 36.2 Å². The lowest BCUT2D eigenvalue weighted by Gasteiger charge is -2.07. The molecule has 0 aliphatic heterocycles. The van der Waals surface area contributed by atoms with Crippen molar-refractivity contribution in [3.05, 3.63) is 58.8 Å². The lowest BCUT2D eigenvalue weighted by atomic mass is 10.0. The summed E-state index contributed by atoms with van der Waals surface area (Å²) in [6, 6.07) is 11.2. The number of carboxylic acids is 1. The summed E-state index contributed by atoms with van der Waals surface area (Å²) in [5, 5.41) is 14.6. The van der Waals surface area contributed by atoms with Crippen LogP contribution in [0.3, 0.4) is 0 Å². The van der Waals surface area contributed by atoms with Crippen LogP contribution < -0.4 is 4.74 Å². The molecule has 3 aromatic rings. The van der Waals surface area contributed by atoms with Crippen molar-refractivity contribution < 1.29 is 19.4 Å². The van der Waals surface area contributed by atoms with E-state index in [0.717, 1.165) is 17.6 Å². The van der Waals surface area contributed by atoms with Crippen molar-refractivity contribution in [2.75, 3.05) is 7.11 Å². The zero-order valence-corrected chi connectivity index (χ0v) is 14.0. The SMILES string of the molecule is COc1ccc(Cn2nc(CC=O)c3c(C(=O)O)c(C)ccc32)cc1. The number of hydrogen-bond donors (Lipinski definition) is 1. The molecule has 0 radical (unpaired) electrons. The van der Waals surface area contributed by atoms with E-state index in [1.165, 1.54) is 0 Å². The molecule has 1 aromatic heterocycles. The molecule has 0 amide bonds. The van der Waals surface area contributed by atoms with Gasteiger partial charge in [0, 0.05) is 11.8 Å². The number of aromatic carboxylic acids is 1. The number of carbonyl (C=O) groups is 2. The zero-order valence-electron chi connectivity index (χ0n) is 14.0. The Hall–Kier alpha value is -3.15. The molecule has 0 fully saturated rings. The van der Waals surface area contributed by atoms with E-state index < -0.39 is 5.97 Å². The lowest BCUT2D eigenvalue weighted by molar-refractivity contribution is -0.107. The summed E-state index contributed by atoms with van der Waals surface area (Å²) < 4.78 is 6.89. The van der Waals surface area contributed by atoms with Gasteiger partial charge in [-0.25, -0.2) is 4.79 Å². The molecule has 6 heteroatoms. The Bertz CT molecular complexity index is 942. The van der Waals surface area contributed by atoms with Crippen LogP contribution >= 0.6 is 0 Å². The second kappa shape index (κ2) is 6.76. The van der Waals surface area contributed by atoms with Gasteiger partial charge in [0.25, 0.3) is 0 Å². The Kier molecular flexibility index (Phi) is 4.52. The first kappa shape index (κ1) is 16.7. The van der Waals surface area contributed by atoms with E-state index in [1.807, 2.05) is 30.3 Å². The molecule has 128 valence electrons. The van der Waals surface area contributed by atoms with Crippen LogP contribution in [0.25, 0.3) is 10.9 Å². The van der Waals surface area contributed by atoms with Crippen molar-refractivity contribution in [2.45, 2.75) is 19.9 Å². The second-order valence-corrected chi connectivity index (χ2v) is 5.78. The topological polar surface area (TPSA) is 81.4 Å². The third-order valence-corrected chi connectivity index (χ3v) is 4.18. The number of ether oxygens (including phenoxy) is 1. The minimum atomic E-state index is -1.01. The minimum Gasteiger partial charge on any atom is -0.497 e. The largest absolute Gasteiger partial charge is 0.497 e. The smallest absolute Gasteiger partial charge is 0.336 e. The Labute approximate surface area is 144 Å². The van der Waals surface area contributed by atoms with Crippen LogP contribution in [0.4, 0.5) is 0 Å². The van der Waals surface area contributed by atoms with Crippen molar-refractivity contribution in [2.24, 2.45) is 0 Å². The van der Waals surface area contributed by atoms with Gasteiger partial charge in [0.1, 0.15) is 12.0 Å². The molecule has 0 atom stereocenters. The zero-order chi connectivity index (χ0) is 18.0. The molecule has 1 heterocycles. The maximum atomic E-state index is 11.7. The summed E-state index contributed by atoms with van der Waals surface area (Å²) in [6.07, 6.45) is 0.823. The molecule has 0 saturated carbocycles. The standard InChI is InChI=1S/C19H18N2O4/c1-12-3-8-16-18(17(12)19(23)24)15(9-10-22)20-21(16)11-13-4-6-14(25-2)7-5-13/h3-8,10H,9,11H2,1-2H3,(H,23,24). The van der Waals surface area contributed by atoms with Crippen molar-refractivity contribution in [1.29, 1.82) is 0 Å². The van der Waals surface area contributed by atoms with Gasteiger partial charge in [-0.3, -0.25) is 4.68 Å². The fourth-order valence-corrected chi connectivity index (χ4v) is 2.97. The molecule has 6 nitrogen and oxygen atoms in total. The molecule has 0 aliphatic carbocycles. The first-order valence-electron chi connectivity index (χ1n) is 7.84. The number of fused-ring (bicyclic) bond motifs is 1. The number of aromatic nitrogens is 2. The first-order valence-corrected chi connectivity index (χ1v) is 7.84. The van der Waals surface area contributed by atoms with Crippen molar-refractivity contribution in [1.82, 2.24) is 9.78 Å². The summed E-state index contributed by atoms with van der Waals surface area (Å²) in [5.41, 5.74) is 3.04. The molecular formula is C19H18N2O4. The number of nitrogens with zero attached hydrogens (tertiary/aromatic N) is 2. The number of rotatable bonds is 6. The van der Waals surface area contributed by atoms with Gasteiger partial charge in [-0.1, -0.05) is 18.2 Å². The van der Waals surface area contributed by atoms with Crippen LogP contribution in [0.5, 0.6) is 5.75 Å². The van der Waals surface area contributed by atoms with Gasteiger partial charge < -0.3 is 14.6 Å². The molecule has 1 N–H and O–H groups in total. The monoisotopic (exact) mass is 338 g/mol. The average molecular weight is 338 g/mol. The lowest BCUT2D eigenvalue weighted by Crippen LogP contribution is -2.03. The maximum absolute atomic E-state index is 11.7. The van der Waals surface area contributed by atoms with Gasteiger partial charge in [-0.2, -0.15) is 5.10 Å². The molecule has 0 spiro atoms. The highest BCUT2D eigenvalue weighted by Crippen LogP contribution is 2.27. The van der Waals surface area contributed by atoms with Gasteiger partial charge in [0.05, 0.1) is 30.4 Å². The van der Waals surface area contributed by atoms with Gasteiger partial charge >= 0.3 is 5.97 Å². The Morgan fingerprint density at radius 3 is 2.56 bits per heavy atom. The molecule has 0 unspecified atom stereocenters. The predicted molar refractivity (Wildman–Crippen MR) is 93.3 cm³/mol. The third-order valence-electron chi connectivity index (χ3n) is 4.18. The van der Waals surface area contributed by atoms with Crippen molar-refractivity contribution in [3.8, 4) is 5.75 Å². The van der Waals surface area contributed by atoms with E-state index in [2.05, 4.69) is 5.10 Å². The van der Waals surface area contributed by atoms with Gasteiger partial charge in [0.2, 0.25) is 0 Å². The van der Waals surface area contributed by atoms with Crippen LogP contribution in [0, 0.1) is 6.92 Å². The number of methoxy groups -OCH3 is 1. The Morgan fingerprint density at radius 1 is 1.24 bits per heavy atom. The quantitative estimate of drug-likeness (QED) is 0.699. The fourth-order valence-electron chi connectivity index (χ4n) is 2.97. The highest BCUT2D eigenvalue weighted by Gasteiger charge is 2.20. The normalized spacial score (nSPS) is 10.8. The maximum Gasteiger partial charge on any atom is 0.336 e. The average Bonchev–Trinajstić information content (AvgIpc) is 2.93. The third kappa shape index (κ3) is 3.10. The molecular weight excluding hydrogens is 320 g/mol. The predicted octanol–water partition coefficient (Wildman–Crippen LogP) is 2.84. The van der Waals surface area contributed by atoms with Crippen LogP contribution in [0.2, 0.25) is 0 Å². The number of hydrogen-bond acceptors (Lipinski definition) is 4. The highest BCUT2D eigenvalue weighted by atomic mass is 16.5. The number of aldehydes is 1. The number of aryl methyl sites for hydroxylation is 1. The molecule has 2 aromatic carbocycles. The summed E-state index contributed by atoms with van der Waals surface area (Å²) in [6.45, 7) is 2.22. The van der Waals surface area contributed by atoms with Crippen LogP contribution in [-0.2, 0) is 17.8 Å². The van der Waals surface area contributed by atoms with E-state index in [0.29, 0.717) is 28.7 Å². The Balaban J connectivity index is 2.13. The van der Waals surface area contributed by atoms with Crippen molar-refractivity contribution >= 4 is 23.2 Å². The molecule has 3 rings (SSSR count). The number of benzene rings is 2. The summed E-state index contributed by atoms with van der Waals surface area (Å²) >= 11 is 0. The van der Waals surface area contributed by atoms with E-state index in [4.69, 9.17) is 4.74 Å². The minimum absolute atomic E-state index is 0.0792. The summed E-state index contributed by atoms with van der Waals surface area (Å²) in [5.74, 6) is -0.251. The van der Waals surface area contributed by atoms with Gasteiger partial charge in [-0.15, -0.1) is 0 Å². The highest BCUT2D eigenvalue weighted by molar-refractivity contribution is 6.05. The van der Waals surface area contributed by atoms with E-state index in [9.17, 15) is 14.7 Å². The van der Waals surface area contributed by atoms with E-state index in [-0.39, 0.29) is 12.0 Å². The van der Waals surface area contributed by atoms with Crippen LogP contribution in [0.1, 0.15) is 27.2 Å². The van der Waals surface area contributed by atoms with Crippen molar-refractivity contribution in [3.63, 3.8) is 0 Å². The molecule has 0 saturated heterocycles.